The third kappa shape index (κ3) is 2.01. The van der Waals surface area contributed by atoms with Crippen molar-refractivity contribution in [1.82, 2.24) is 4.90 Å². The van der Waals surface area contributed by atoms with E-state index in [0.29, 0.717) is 18.5 Å². The zero-order valence-electron chi connectivity index (χ0n) is 10.8. The molecule has 4 nitrogen and oxygen atoms in total. The summed E-state index contributed by atoms with van der Waals surface area (Å²) in [4.78, 5) is 25.3. The Labute approximate surface area is 112 Å². The maximum atomic E-state index is 12.6. The Morgan fingerprint density at radius 2 is 2.05 bits per heavy atom. The second-order valence-electron chi connectivity index (χ2n) is 5.29. The number of benzene rings is 1. The summed E-state index contributed by atoms with van der Waals surface area (Å²) in [7, 11) is 0. The van der Waals surface area contributed by atoms with Crippen molar-refractivity contribution in [3.05, 3.63) is 34.9 Å². The molecule has 2 aliphatic rings. The van der Waals surface area contributed by atoms with E-state index in [-0.39, 0.29) is 5.91 Å². The number of aliphatic carboxylic acids is 1. The minimum Gasteiger partial charge on any atom is -0.480 e. The number of nitrogens with zero attached hydrogens (tertiary/aromatic N) is 1. The first-order valence-electron chi connectivity index (χ1n) is 6.83. The quantitative estimate of drug-likeness (QED) is 0.882. The Kier molecular flexibility index (Phi) is 3.01. The molecule has 19 heavy (non-hydrogen) atoms. The SMILES string of the molecule is O=C(O)[C@@H]1CCCN1C(=O)c1cccc2c1CCC2. The van der Waals surface area contributed by atoms with E-state index >= 15 is 0 Å². The largest absolute Gasteiger partial charge is 0.480 e. The van der Waals surface area contributed by atoms with E-state index in [9.17, 15) is 14.7 Å². The fourth-order valence-electron chi connectivity index (χ4n) is 3.24. The van der Waals surface area contributed by atoms with Gasteiger partial charge in [0.25, 0.3) is 5.91 Å². The minimum absolute atomic E-state index is 0.108. The van der Waals surface area contributed by atoms with Gasteiger partial charge in [0.1, 0.15) is 6.04 Å². The summed E-state index contributed by atoms with van der Waals surface area (Å²) in [6, 6.07) is 5.16. The smallest absolute Gasteiger partial charge is 0.326 e. The minimum atomic E-state index is -0.890. The number of carbonyl (C=O) groups excluding carboxylic acids is 1. The van der Waals surface area contributed by atoms with Crippen LogP contribution in [-0.4, -0.2) is 34.5 Å². The van der Waals surface area contributed by atoms with Gasteiger partial charge in [-0.25, -0.2) is 4.79 Å². The molecule has 1 aromatic rings. The standard InChI is InChI=1S/C15H17NO3/c17-14(16-9-3-8-13(16)15(18)19)12-7-2-5-10-4-1-6-11(10)12/h2,5,7,13H,1,3-4,6,8-9H2,(H,18,19)/t13-/m0/s1. The molecule has 1 aliphatic heterocycles. The summed E-state index contributed by atoms with van der Waals surface area (Å²) in [5.41, 5.74) is 3.09. The molecule has 1 saturated heterocycles. The van der Waals surface area contributed by atoms with Crippen LogP contribution in [0.4, 0.5) is 0 Å². The van der Waals surface area contributed by atoms with Gasteiger partial charge in [-0.2, -0.15) is 0 Å². The number of aryl methyl sites for hydroxylation is 1. The number of fused-ring (bicyclic) bond motifs is 1. The lowest BCUT2D eigenvalue weighted by molar-refractivity contribution is -0.141. The molecule has 1 atom stereocenters. The Morgan fingerprint density at radius 1 is 1.21 bits per heavy atom. The molecule has 1 amide bonds. The molecule has 0 unspecified atom stereocenters. The second-order valence-corrected chi connectivity index (χ2v) is 5.29. The van der Waals surface area contributed by atoms with Crippen LogP contribution >= 0.6 is 0 Å². The van der Waals surface area contributed by atoms with Crippen molar-refractivity contribution in [2.45, 2.75) is 38.1 Å². The number of likely N-dealkylation sites (tertiary alicyclic amines) is 1. The molecule has 1 aromatic carbocycles. The van der Waals surface area contributed by atoms with Gasteiger partial charge < -0.3 is 10.0 Å². The number of hydrogen-bond donors (Lipinski definition) is 1. The van der Waals surface area contributed by atoms with Crippen molar-refractivity contribution in [2.75, 3.05) is 6.54 Å². The van der Waals surface area contributed by atoms with Crippen molar-refractivity contribution in [1.29, 1.82) is 0 Å². The molecule has 0 aromatic heterocycles. The predicted octanol–water partition coefficient (Wildman–Crippen LogP) is 1.86. The Bertz CT molecular complexity index is 538. The molecule has 1 aliphatic carbocycles. The first-order valence-corrected chi connectivity index (χ1v) is 6.83. The van der Waals surface area contributed by atoms with E-state index in [1.807, 2.05) is 12.1 Å². The van der Waals surface area contributed by atoms with Gasteiger partial charge in [0.15, 0.2) is 0 Å². The maximum absolute atomic E-state index is 12.6. The van der Waals surface area contributed by atoms with Crippen LogP contribution in [0.15, 0.2) is 18.2 Å². The molecule has 4 heteroatoms. The fraction of sp³-hybridized carbons (Fsp3) is 0.467. The van der Waals surface area contributed by atoms with Gasteiger partial charge in [-0.1, -0.05) is 12.1 Å². The van der Waals surface area contributed by atoms with Crippen LogP contribution in [0.25, 0.3) is 0 Å². The molecular weight excluding hydrogens is 242 g/mol. The van der Waals surface area contributed by atoms with Crippen LogP contribution in [0.1, 0.15) is 40.7 Å². The first-order chi connectivity index (χ1) is 9.18. The lowest BCUT2D eigenvalue weighted by Gasteiger charge is -2.22. The van der Waals surface area contributed by atoms with E-state index in [1.54, 1.807) is 0 Å². The number of rotatable bonds is 2. The number of amides is 1. The molecule has 0 spiro atoms. The highest BCUT2D eigenvalue weighted by Crippen LogP contribution is 2.28. The van der Waals surface area contributed by atoms with E-state index in [1.165, 1.54) is 10.5 Å². The highest BCUT2D eigenvalue weighted by atomic mass is 16.4. The molecule has 1 N–H and O–H groups in total. The van der Waals surface area contributed by atoms with Crippen molar-refractivity contribution >= 4 is 11.9 Å². The van der Waals surface area contributed by atoms with Crippen LogP contribution in [0.3, 0.4) is 0 Å². The highest BCUT2D eigenvalue weighted by molar-refractivity contribution is 5.98. The highest BCUT2D eigenvalue weighted by Gasteiger charge is 2.35. The Hall–Kier alpha value is -1.84. The monoisotopic (exact) mass is 259 g/mol. The van der Waals surface area contributed by atoms with Crippen molar-refractivity contribution < 1.29 is 14.7 Å². The van der Waals surface area contributed by atoms with Crippen molar-refractivity contribution in [2.24, 2.45) is 0 Å². The normalized spacial score (nSPS) is 21.5. The molecule has 3 rings (SSSR count). The first kappa shape index (κ1) is 12.2. The second kappa shape index (κ2) is 4.68. The third-order valence-electron chi connectivity index (χ3n) is 4.18. The van der Waals surface area contributed by atoms with Gasteiger partial charge in [0, 0.05) is 12.1 Å². The van der Waals surface area contributed by atoms with Gasteiger partial charge in [-0.3, -0.25) is 4.79 Å². The predicted molar refractivity (Wildman–Crippen MR) is 70.2 cm³/mol. The van der Waals surface area contributed by atoms with Gasteiger partial charge >= 0.3 is 5.97 Å². The number of carbonyl (C=O) groups is 2. The van der Waals surface area contributed by atoms with E-state index in [4.69, 9.17) is 0 Å². The number of carboxylic acid groups (broad SMARTS) is 1. The van der Waals surface area contributed by atoms with Gasteiger partial charge in [0.2, 0.25) is 0 Å². The average Bonchev–Trinajstić information content (AvgIpc) is 3.05. The average molecular weight is 259 g/mol. The molecule has 0 bridgehead atoms. The van der Waals surface area contributed by atoms with Crippen molar-refractivity contribution in [3.63, 3.8) is 0 Å². The molecular formula is C15H17NO3. The summed E-state index contributed by atoms with van der Waals surface area (Å²) >= 11 is 0. The Morgan fingerprint density at radius 3 is 2.84 bits per heavy atom. The fourth-order valence-corrected chi connectivity index (χ4v) is 3.24. The topological polar surface area (TPSA) is 57.6 Å². The van der Waals surface area contributed by atoms with E-state index in [2.05, 4.69) is 6.07 Å². The molecule has 100 valence electrons. The Balaban J connectivity index is 1.92. The third-order valence-corrected chi connectivity index (χ3v) is 4.18. The molecule has 1 fully saturated rings. The number of carboxylic acids is 1. The summed E-state index contributed by atoms with van der Waals surface area (Å²) in [6.07, 6.45) is 4.39. The van der Waals surface area contributed by atoms with E-state index in [0.717, 1.165) is 31.2 Å². The lowest BCUT2D eigenvalue weighted by atomic mass is 10.0. The van der Waals surface area contributed by atoms with E-state index < -0.39 is 12.0 Å². The summed E-state index contributed by atoms with van der Waals surface area (Å²) in [6.45, 7) is 0.555. The zero-order valence-corrected chi connectivity index (χ0v) is 10.8. The molecule has 1 heterocycles. The van der Waals surface area contributed by atoms with Gasteiger partial charge in [-0.05, 0) is 49.3 Å². The van der Waals surface area contributed by atoms with Gasteiger partial charge in [-0.15, -0.1) is 0 Å². The number of hydrogen-bond acceptors (Lipinski definition) is 2. The lowest BCUT2D eigenvalue weighted by Crippen LogP contribution is -2.40. The van der Waals surface area contributed by atoms with Crippen molar-refractivity contribution in [3.8, 4) is 0 Å². The van der Waals surface area contributed by atoms with Crippen LogP contribution in [0.2, 0.25) is 0 Å². The van der Waals surface area contributed by atoms with Crippen LogP contribution in [0.5, 0.6) is 0 Å². The van der Waals surface area contributed by atoms with Gasteiger partial charge in [0.05, 0.1) is 0 Å². The molecule has 0 radical (unpaired) electrons. The summed E-state index contributed by atoms with van der Waals surface area (Å²) < 4.78 is 0. The van der Waals surface area contributed by atoms with Crippen LogP contribution in [-0.2, 0) is 17.6 Å². The summed E-state index contributed by atoms with van der Waals surface area (Å²) in [5, 5.41) is 9.18. The maximum Gasteiger partial charge on any atom is 0.326 e. The van der Waals surface area contributed by atoms with Crippen LogP contribution < -0.4 is 0 Å². The molecule has 0 saturated carbocycles. The summed E-state index contributed by atoms with van der Waals surface area (Å²) in [5.74, 6) is -0.998. The van der Waals surface area contributed by atoms with Crippen LogP contribution in [0, 0.1) is 0 Å². The zero-order chi connectivity index (χ0) is 13.4.